The third kappa shape index (κ3) is 4.06. The number of rotatable bonds is 5. The van der Waals surface area contributed by atoms with Crippen LogP contribution in [-0.2, 0) is 0 Å². The fraction of sp³-hybridized carbons (Fsp3) is 0.333. The monoisotopic (exact) mass is 397 g/mol. The Bertz CT molecular complexity index is 922. The highest BCUT2D eigenvalue weighted by molar-refractivity contribution is 7.22. The number of fused-ring (bicyclic) bond motifs is 1. The van der Waals surface area contributed by atoms with Crippen LogP contribution in [0.3, 0.4) is 0 Å². The van der Waals surface area contributed by atoms with E-state index in [1.807, 2.05) is 19.0 Å². The van der Waals surface area contributed by atoms with Gasteiger partial charge in [-0.2, -0.15) is 0 Å². The highest BCUT2D eigenvalue weighted by atomic mass is 35.5. The molecule has 0 N–H and O–H groups in total. The minimum absolute atomic E-state index is 0. The van der Waals surface area contributed by atoms with E-state index in [2.05, 4.69) is 4.98 Å². The number of para-hydroxylation sites is 1. The zero-order valence-corrected chi connectivity index (χ0v) is 16.7. The van der Waals surface area contributed by atoms with Crippen LogP contribution in [0.5, 0.6) is 0 Å². The summed E-state index contributed by atoms with van der Waals surface area (Å²) in [5.41, 5.74) is 0.807. The van der Waals surface area contributed by atoms with Gasteiger partial charge in [0.25, 0.3) is 5.91 Å². The Morgan fingerprint density at radius 3 is 2.58 bits per heavy atom. The van der Waals surface area contributed by atoms with E-state index >= 15 is 0 Å². The lowest BCUT2D eigenvalue weighted by molar-refractivity contribution is 0.0983. The largest absolute Gasteiger partial charge is 0.466 e. The van der Waals surface area contributed by atoms with Crippen molar-refractivity contribution in [3.05, 3.63) is 47.2 Å². The molecule has 0 aliphatic heterocycles. The first kappa shape index (κ1) is 20.4. The molecular formula is C18H21ClFN3O2S. The zero-order valence-electron chi connectivity index (χ0n) is 15.1. The molecule has 26 heavy (non-hydrogen) atoms. The van der Waals surface area contributed by atoms with Gasteiger partial charge in [0, 0.05) is 13.1 Å². The van der Waals surface area contributed by atoms with Gasteiger partial charge >= 0.3 is 0 Å². The van der Waals surface area contributed by atoms with Crippen molar-refractivity contribution in [3.63, 3.8) is 0 Å². The number of amides is 1. The van der Waals surface area contributed by atoms with Crippen LogP contribution >= 0.6 is 23.7 Å². The molecule has 3 aromatic rings. The Morgan fingerprint density at radius 2 is 2.00 bits per heavy atom. The van der Waals surface area contributed by atoms with Crippen LogP contribution in [0.25, 0.3) is 10.2 Å². The molecule has 0 fully saturated rings. The van der Waals surface area contributed by atoms with Crippen molar-refractivity contribution >= 4 is 45.0 Å². The van der Waals surface area contributed by atoms with Crippen molar-refractivity contribution in [1.82, 2.24) is 9.88 Å². The summed E-state index contributed by atoms with van der Waals surface area (Å²) < 4.78 is 20.2. The first-order valence-corrected chi connectivity index (χ1v) is 8.77. The molecule has 0 radical (unpaired) electrons. The van der Waals surface area contributed by atoms with E-state index in [1.165, 1.54) is 17.4 Å². The topological polar surface area (TPSA) is 49.6 Å². The van der Waals surface area contributed by atoms with Crippen LogP contribution in [0.15, 0.2) is 28.7 Å². The van der Waals surface area contributed by atoms with Crippen molar-refractivity contribution in [2.24, 2.45) is 0 Å². The molecule has 2 heterocycles. The minimum atomic E-state index is -0.379. The van der Waals surface area contributed by atoms with Crippen molar-refractivity contribution in [2.75, 3.05) is 32.1 Å². The van der Waals surface area contributed by atoms with Crippen LogP contribution in [0, 0.1) is 19.7 Å². The molecular weight excluding hydrogens is 377 g/mol. The average molecular weight is 398 g/mol. The SMILES string of the molecule is Cc1cc(C(=O)N(CCN(C)C)c2nc3c(F)cccc3s2)c(C)o1.Cl. The molecule has 140 valence electrons. The molecule has 0 spiro atoms. The summed E-state index contributed by atoms with van der Waals surface area (Å²) in [6.07, 6.45) is 0. The van der Waals surface area contributed by atoms with Crippen molar-refractivity contribution in [1.29, 1.82) is 0 Å². The van der Waals surface area contributed by atoms with Gasteiger partial charge in [-0.3, -0.25) is 9.69 Å². The number of likely N-dealkylation sites (N-methyl/N-ethyl adjacent to an activating group) is 1. The predicted octanol–water partition coefficient (Wildman–Crippen LogP) is 4.28. The summed E-state index contributed by atoms with van der Waals surface area (Å²) in [4.78, 5) is 21.0. The fourth-order valence-corrected chi connectivity index (χ4v) is 3.60. The highest BCUT2D eigenvalue weighted by Gasteiger charge is 2.25. The van der Waals surface area contributed by atoms with E-state index in [-0.39, 0.29) is 24.1 Å². The van der Waals surface area contributed by atoms with Gasteiger partial charge in [0.1, 0.15) is 22.9 Å². The number of carbonyl (C=O) groups excluding carboxylic acids is 1. The normalized spacial score (nSPS) is 11.0. The molecule has 8 heteroatoms. The molecule has 0 aliphatic rings. The van der Waals surface area contributed by atoms with E-state index in [9.17, 15) is 9.18 Å². The van der Waals surface area contributed by atoms with Gasteiger partial charge in [-0.05, 0) is 46.1 Å². The minimum Gasteiger partial charge on any atom is -0.466 e. The average Bonchev–Trinajstić information content (AvgIpc) is 3.11. The maximum Gasteiger partial charge on any atom is 0.263 e. The number of nitrogens with zero attached hydrogens (tertiary/aromatic N) is 3. The van der Waals surface area contributed by atoms with Crippen molar-refractivity contribution in [2.45, 2.75) is 13.8 Å². The molecule has 0 bridgehead atoms. The molecule has 0 saturated heterocycles. The summed E-state index contributed by atoms with van der Waals surface area (Å²) in [5, 5.41) is 0.491. The lowest BCUT2D eigenvalue weighted by Crippen LogP contribution is -2.36. The van der Waals surface area contributed by atoms with E-state index in [4.69, 9.17) is 4.42 Å². The second-order valence-corrected chi connectivity index (χ2v) is 7.18. The third-order valence-corrected chi connectivity index (χ3v) is 4.92. The number of hydrogen-bond donors (Lipinski definition) is 0. The number of carbonyl (C=O) groups is 1. The predicted molar refractivity (Wildman–Crippen MR) is 105 cm³/mol. The lowest BCUT2D eigenvalue weighted by atomic mass is 10.2. The van der Waals surface area contributed by atoms with E-state index in [0.717, 1.165) is 4.70 Å². The molecule has 0 aliphatic carbocycles. The van der Waals surface area contributed by atoms with E-state index in [1.54, 1.807) is 36.9 Å². The fourth-order valence-electron chi connectivity index (χ4n) is 2.59. The number of benzene rings is 1. The third-order valence-electron chi connectivity index (χ3n) is 3.88. The Kier molecular flexibility index (Phi) is 6.39. The Labute approximate surface area is 161 Å². The molecule has 0 unspecified atom stereocenters. The molecule has 2 aromatic heterocycles. The number of aromatic nitrogens is 1. The van der Waals surface area contributed by atoms with Crippen LogP contribution in [0.2, 0.25) is 0 Å². The van der Waals surface area contributed by atoms with Crippen LogP contribution < -0.4 is 4.90 Å². The summed E-state index contributed by atoms with van der Waals surface area (Å²) in [5.74, 6) is 0.694. The summed E-state index contributed by atoms with van der Waals surface area (Å²) >= 11 is 1.31. The second-order valence-electron chi connectivity index (χ2n) is 6.17. The lowest BCUT2D eigenvalue weighted by Gasteiger charge is -2.21. The number of halogens is 2. The molecule has 3 rings (SSSR count). The number of hydrogen-bond acceptors (Lipinski definition) is 5. The Balaban J connectivity index is 0.00000243. The maximum absolute atomic E-state index is 14.0. The summed E-state index contributed by atoms with van der Waals surface area (Å²) in [7, 11) is 3.88. The van der Waals surface area contributed by atoms with Gasteiger partial charge in [0.2, 0.25) is 0 Å². The highest BCUT2D eigenvalue weighted by Crippen LogP contribution is 2.31. The van der Waals surface area contributed by atoms with Gasteiger partial charge in [0.05, 0.1) is 10.3 Å². The Hall–Kier alpha value is -1.96. The van der Waals surface area contributed by atoms with Gasteiger partial charge in [-0.25, -0.2) is 9.37 Å². The quantitative estimate of drug-likeness (QED) is 0.645. The number of anilines is 1. The number of furan rings is 1. The zero-order chi connectivity index (χ0) is 18.1. The summed E-state index contributed by atoms with van der Waals surface area (Å²) in [6.45, 7) is 4.69. The first-order chi connectivity index (χ1) is 11.9. The first-order valence-electron chi connectivity index (χ1n) is 7.95. The molecule has 0 saturated carbocycles. The van der Waals surface area contributed by atoms with Crippen LogP contribution in [-0.4, -0.2) is 43.0 Å². The second kappa shape index (κ2) is 8.16. The van der Waals surface area contributed by atoms with Gasteiger partial charge in [0.15, 0.2) is 5.13 Å². The molecule has 0 atom stereocenters. The number of thiazole rings is 1. The van der Waals surface area contributed by atoms with Crippen molar-refractivity contribution < 1.29 is 13.6 Å². The standard InChI is InChI=1S/C18H20FN3O2S.ClH/c1-11-10-13(12(2)24-11)17(23)22(9-8-21(3)4)18-20-16-14(19)6-5-7-15(16)25-18;/h5-7,10H,8-9H2,1-4H3;1H. The molecule has 5 nitrogen and oxygen atoms in total. The van der Waals surface area contributed by atoms with E-state index < -0.39 is 0 Å². The smallest absolute Gasteiger partial charge is 0.263 e. The van der Waals surface area contributed by atoms with Crippen molar-refractivity contribution in [3.8, 4) is 0 Å². The van der Waals surface area contributed by atoms with Gasteiger partial charge in [-0.1, -0.05) is 17.4 Å². The molecule has 1 amide bonds. The van der Waals surface area contributed by atoms with Crippen LogP contribution in [0.4, 0.5) is 9.52 Å². The molecule has 1 aromatic carbocycles. The van der Waals surface area contributed by atoms with Gasteiger partial charge < -0.3 is 9.32 Å². The van der Waals surface area contributed by atoms with E-state index in [0.29, 0.717) is 40.8 Å². The number of aryl methyl sites for hydroxylation is 2. The maximum atomic E-state index is 14.0. The van der Waals surface area contributed by atoms with Gasteiger partial charge in [-0.15, -0.1) is 12.4 Å². The summed E-state index contributed by atoms with van der Waals surface area (Å²) in [6, 6.07) is 6.56. The van der Waals surface area contributed by atoms with Crippen LogP contribution in [0.1, 0.15) is 21.9 Å². The Morgan fingerprint density at radius 1 is 1.27 bits per heavy atom.